The lowest BCUT2D eigenvalue weighted by molar-refractivity contribution is 0.240. The van der Waals surface area contributed by atoms with Crippen LogP contribution in [0.3, 0.4) is 0 Å². The molecule has 0 aliphatic rings. The summed E-state index contributed by atoms with van der Waals surface area (Å²) in [6.07, 6.45) is 4.99. The molecule has 0 spiro atoms. The zero-order chi connectivity index (χ0) is 14.3. The Morgan fingerprint density at radius 3 is 2.63 bits per heavy atom. The lowest BCUT2D eigenvalue weighted by Crippen LogP contribution is -2.17. The zero-order valence-electron chi connectivity index (χ0n) is 12.1. The Hall–Kier alpha value is -1.35. The zero-order valence-corrected chi connectivity index (χ0v) is 12.1. The van der Waals surface area contributed by atoms with Gasteiger partial charge in [-0.15, -0.1) is 0 Å². The lowest BCUT2D eigenvalue weighted by atomic mass is 10.0. The van der Waals surface area contributed by atoms with E-state index >= 15 is 0 Å². The fourth-order valence-electron chi connectivity index (χ4n) is 1.85. The SMILES string of the molecule is CCCCc1ccc(O)c(/C=N/C(CO)C(C)C)c1. The fourth-order valence-corrected chi connectivity index (χ4v) is 1.85. The smallest absolute Gasteiger partial charge is 0.124 e. The molecule has 0 aliphatic heterocycles. The van der Waals surface area contributed by atoms with Gasteiger partial charge in [-0.2, -0.15) is 0 Å². The Labute approximate surface area is 116 Å². The molecule has 0 bridgehead atoms. The van der Waals surface area contributed by atoms with Crippen molar-refractivity contribution in [2.24, 2.45) is 10.9 Å². The largest absolute Gasteiger partial charge is 0.507 e. The van der Waals surface area contributed by atoms with E-state index in [1.165, 1.54) is 5.56 Å². The molecule has 1 aromatic rings. The number of rotatable bonds is 7. The van der Waals surface area contributed by atoms with Crippen molar-refractivity contribution in [3.05, 3.63) is 29.3 Å². The van der Waals surface area contributed by atoms with Crippen molar-refractivity contribution in [1.82, 2.24) is 0 Å². The second kappa shape index (κ2) is 7.95. The van der Waals surface area contributed by atoms with Crippen LogP contribution in [0.4, 0.5) is 0 Å². The third kappa shape index (κ3) is 5.03. The molecule has 0 aromatic heterocycles. The number of aliphatic hydroxyl groups is 1. The van der Waals surface area contributed by atoms with Gasteiger partial charge in [0.05, 0.1) is 12.6 Å². The summed E-state index contributed by atoms with van der Waals surface area (Å²) in [7, 11) is 0. The van der Waals surface area contributed by atoms with Crippen LogP contribution < -0.4 is 0 Å². The van der Waals surface area contributed by atoms with Gasteiger partial charge in [0.1, 0.15) is 5.75 Å². The average molecular weight is 263 g/mol. The first-order chi connectivity index (χ1) is 9.08. The highest BCUT2D eigenvalue weighted by Crippen LogP contribution is 2.18. The molecule has 0 amide bonds. The van der Waals surface area contributed by atoms with E-state index in [1.54, 1.807) is 12.3 Å². The van der Waals surface area contributed by atoms with Gasteiger partial charge in [-0.25, -0.2) is 0 Å². The third-order valence-corrected chi connectivity index (χ3v) is 3.27. The Morgan fingerprint density at radius 1 is 1.32 bits per heavy atom. The molecule has 0 saturated carbocycles. The first kappa shape index (κ1) is 15.7. The Bertz CT molecular complexity index is 413. The van der Waals surface area contributed by atoms with Crippen LogP contribution in [-0.4, -0.2) is 29.1 Å². The molecule has 2 N–H and O–H groups in total. The average Bonchev–Trinajstić information content (AvgIpc) is 2.39. The first-order valence-corrected chi connectivity index (χ1v) is 7.04. The van der Waals surface area contributed by atoms with Gasteiger partial charge in [0.2, 0.25) is 0 Å². The summed E-state index contributed by atoms with van der Waals surface area (Å²) in [6, 6.07) is 5.53. The summed E-state index contributed by atoms with van der Waals surface area (Å²) < 4.78 is 0. The minimum absolute atomic E-state index is 0.0322. The number of nitrogens with zero attached hydrogens (tertiary/aromatic N) is 1. The standard InChI is InChI=1S/C16H25NO2/c1-4-5-6-13-7-8-16(19)14(9-13)10-17-15(11-18)12(2)3/h7-10,12,15,18-19H,4-6,11H2,1-3H3/b17-10+. The molecule has 3 nitrogen and oxygen atoms in total. The van der Waals surface area contributed by atoms with Gasteiger partial charge >= 0.3 is 0 Å². The maximum absolute atomic E-state index is 9.83. The van der Waals surface area contributed by atoms with Crippen LogP contribution >= 0.6 is 0 Å². The van der Waals surface area contributed by atoms with Gasteiger partial charge in [-0.05, 0) is 36.5 Å². The molecule has 0 saturated heterocycles. The number of unbranched alkanes of at least 4 members (excludes halogenated alkanes) is 1. The Kier molecular flexibility index (Phi) is 6.57. The first-order valence-electron chi connectivity index (χ1n) is 7.04. The number of phenolic OH excluding ortho intramolecular Hbond substituents is 1. The van der Waals surface area contributed by atoms with Crippen LogP contribution in [0.2, 0.25) is 0 Å². The minimum Gasteiger partial charge on any atom is -0.507 e. The summed E-state index contributed by atoms with van der Waals surface area (Å²) in [5, 5.41) is 19.1. The number of hydrogen-bond acceptors (Lipinski definition) is 3. The van der Waals surface area contributed by atoms with Gasteiger partial charge < -0.3 is 10.2 Å². The predicted octanol–water partition coefficient (Wildman–Crippen LogP) is 3.17. The van der Waals surface area contributed by atoms with Crippen LogP contribution in [0.25, 0.3) is 0 Å². The van der Waals surface area contributed by atoms with E-state index in [2.05, 4.69) is 11.9 Å². The van der Waals surface area contributed by atoms with Gasteiger partial charge in [0.15, 0.2) is 0 Å². The maximum atomic E-state index is 9.83. The van der Waals surface area contributed by atoms with Crippen molar-refractivity contribution in [3.8, 4) is 5.75 Å². The molecule has 0 heterocycles. The van der Waals surface area contributed by atoms with Crippen molar-refractivity contribution in [3.63, 3.8) is 0 Å². The molecular formula is C16H25NO2. The summed E-state index contributed by atoms with van der Waals surface area (Å²) in [6.45, 7) is 6.24. The van der Waals surface area contributed by atoms with Crippen molar-refractivity contribution in [1.29, 1.82) is 0 Å². The normalized spacial score (nSPS) is 13.3. The van der Waals surface area contributed by atoms with Gasteiger partial charge in [0.25, 0.3) is 0 Å². The Morgan fingerprint density at radius 2 is 2.05 bits per heavy atom. The molecule has 0 radical (unpaired) electrons. The van der Waals surface area contributed by atoms with Crippen LogP contribution in [0.5, 0.6) is 5.75 Å². The third-order valence-electron chi connectivity index (χ3n) is 3.27. The van der Waals surface area contributed by atoms with Crippen LogP contribution in [0.15, 0.2) is 23.2 Å². The molecule has 3 heteroatoms. The van der Waals surface area contributed by atoms with E-state index in [0.29, 0.717) is 0 Å². The summed E-state index contributed by atoms with van der Waals surface area (Å²) in [5.41, 5.74) is 1.94. The topological polar surface area (TPSA) is 52.8 Å². The molecular weight excluding hydrogens is 238 g/mol. The number of aromatic hydroxyl groups is 1. The number of aliphatic hydroxyl groups excluding tert-OH is 1. The second-order valence-electron chi connectivity index (χ2n) is 5.27. The van der Waals surface area contributed by atoms with E-state index in [4.69, 9.17) is 0 Å². The predicted molar refractivity (Wildman–Crippen MR) is 80.0 cm³/mol. The van der Waals surface area contributed by atoms with Crippen LogP contribution in [0, 0.1) is 5.92 Å². The van der Waals surface area contributed by atoms with Gasteiger partial charge in [-0.1, -0.05) is 33.3 Å². The van der Waals surface area contributed by atoms with Crippen LogP contribution in [0.1, 0.15) is 44.7 Å². The molecule has 106 valence electrons. The van der Waals surface area contributed by atoms with Gasteiger partial charge in [0, 0.05) is 11.8 Å². The number of phenols is 1. The van der Waals surface area contributed by atoms with E-state index in [1.807, 2.05) is 26.0 Å². The van der Waals surface area contributed by atoms with Crippen molar-refractivity contribution in [2.75, 3.05) is 6.61 Å². The monoisotopic (exact) mass is 263 g/mol. The highest BCUT2D eigenvalue weighted by atomic mass is 16.3. The van der Waals surface area contributed by atoms with Crippen LogP contribution in [-0.2, 0) is 6.42 Å². The van der Waals surface area contributed by atoms with E-state index in [0.717, 1.165) is 24.8 Å². The summed E-state index contributed by atoms with van der Waals surface area (Å²) in [4.78, 5) is 4.36. The second-order valence-corrected chi connectivity index (χ2v) is 5.27. The van der Waals surface area contributed by atoms with Crippen molar-refractivity contribution in [2.45, 2.75) is 46.1 Å². The fraction of sp³-hybridized carbons (Fsp3) is 0.562. The summed E-state index contributed by atoms with van der Waals surface area (Å²) >= 11 is 0. The van der Waals surface area contributed by atoms with E-state index in [9.17, 15) is 10.2 Å². The number of aliphatic imine (C=N–C) groups is 1. The molecule has 1 atom stereocenters. The highest BCUT2D eigenvalue weighted by molar-refractivity contribution is 5.83. The number of benzene rings is 1. The van der Waals surface area contributed by atoms with E-state index in [-0.39, 0.29) is 24.3 Å². The quantitative estimate of drug-likeness (QED) is 0.742. The van der Waals surface area contributed by atoms with Crippen molar-refractivity contribution >= 4 is 6.21 Å². The Balaban J connectivity index is 2.83. The minimum atomic E-state index is -0.112. The van der Waals surface area contributed by atoms with Crippen molar-refractivity contribution < 1.29 is 10.2 Å². The maximum Gasteiger partial charge on any atom is 0.124 e. The van der Waals surface area contributed by atoms with E-state index < -0.39 is 0 Å². The molecule has 1 unspecified atom stereocenters. The summed E-state index contributed by atoms with van der Waals surface area (Å²) in [5.74, 6) is 0.524. The highest BCUT2D eigenvalue weighted by Gasteiger charge is 2.09. The molecule has 0 aliphatic carbocycles. The molecule has 0 fully saturated rings. The van der Waals surface area contributed by atoms with Gasteiger partial charge in [-0.3, -0.25) is 4.99 Å². The molecule has 1 rings (SSSR count). The number of hydrogen-bond donors (Lipinski definition) is 2. The lowest BCUT2D eigenvalue weighted by Gasteiger charge is -2.13. The molecule has 19 heavy (non-hydrogen) atoms. The number of aryl methyl sites for hydroxylation is 1. The molecule has 1 aromatic carbocycles.